The Bertz CT molecular complexity index is 794. The molecule has 0 aliphatic heterocycles. The number of hydrogen-bond acceptors (Lipinski definition) is 6. The fourth-order valence-corrected chi connectivity index (χ4v) is 6.75. The van der Waals surface area contributed by atoms with Crippen LogP contribution >= 0.6 is 0 Å². The van der Waals surface area contributed by atoms with Crippen molar-refractivity contribution in [1.29, 1.82) is 0 Å². The highest BCUT2D eigenvalue weighted by atomic mass is 16.6. The van der Waals surface area contributed by atoms with Gasteiger partial charge in [-0.2, -0.15) is 0 Å². The zero-order valence-corrected chi connectivity index (χ0v) is 35.4. The van der Waals surface area contributed by atoms with E-state index in [1.54, 1.807) is 0 Å². The second kappa shape index (κ2) is 39.1. The van der Waals surface area contributed by atoms with E-state index in [0.717, 1.165) is 69.6 Å². The first kappa shape index (κ1) is 50.4. The summed E-state index contributed by atoms with van der Waals surface area (Å²) in [5.41, 5.74) is 0. The Balaban J connectivity index is 4.28. The molecule has 52 heavy (non-hydrogen) atoms. The normalized spacial score (nSPS) is 12.1. The van der Waals surface area contributed by atoms with E-state index in [4.69, 9.17) is 14.2 Å². The quantitative estimate of drug-likeness (QED) is 0.0354. The summed E-state index contributed by atoms with van der Waals surface area (Å²) < 4.78 is 16.7. The predicted octanol–water partition coefficient (Wildman–Crippen LogP) is 14.2. The van der Waals surface area contributed by atoms with Crippen molar-refractivity contribution in [3.63, 3.8) is 0 Å². The summed E-state index contributed by atoms with van der Waals surface area (Å²) in [6.07, 6.45) is 36.7. The van der Waals surface area contributed by atoms with E-state index in [9.17, 15) is 14.4 Å². The lowest BCUT2D eigenvalue weighted by Gasteiger charge is -2.18. The van der Waals surface area contributed by atoms with E-state index in [2.05, 4.69) is 34.6 Å². The Kier molecular flexibility index (Phi) is 37.9. The van der Waals surface area contributed by atoms with Crippen molar-refractivity contribution < 1.29 is 28.6 Å². The molecule has 0 unspecified atom stereocenters. The van der Waals surface area contributed by atoms with Crippen molar-refractivity contribution in [2.24, 2.45) is 11.8 Å². The van der Waals surface area contributed by atoms with Crippen LogP contribution in [0.4, 0.5) is 0 Å². The Morgan fingerprint density at radius 1 is 0.365 bits per heavy atom. The van der Waals surface area contributed by atoms with Crippen LogP contribution in [0.2, 0.25) is 0 Å². The van der Waals surface area contributed by atoms with E-state index in [1.165, 1.54) is 135 Å². The Labute approximate surface area is 323 Å². The third kappa shape index (κ3) is 39.6. The van der Waals surface area contributed by atoms with E-state index in [1.807, 2.05) is 0 Å². The molecule has 0 fully saturated rings. The number of ether oxygens (including phenoxy) is 3. The molecule has 6 nitrogen and oxygen atoms in total. The van der Waals surface area contributed by atoms with Gasteiger partial charge in [-0.1, -0.05) is 208 Å². The van der Waals surface area contributed by atoms with E-state index < -0.39 is 6.10 Å². The molecule has 0 bridgehead atoms. The molecule has 0 saturated carbocycles. The fourth-order valence-electron chi connectivity index (χ4n) is 6.75. The number of esters is 3. The van der Waals surface area contributed by atoms with Crippen LogP contribution < -0.4 is 0 Å². The number of unbranched alkanes of at least 4 members (excludes halogenated alkanes) is 25. The van der Waals surface area contributed by atoms with Gasteiger partial charge in [0.15, 0.2) is 6.10 Å². The first-order valence-electron chi connectivity index (χ1n) is 22.7. The van der Waals surface area contributed by atoms with Crippen molar-refractivity contribution in [2.45, 2.75) is 253 Å². The molecule has 308 valence electrons. The smallest absolute Gasteiger partial charge is 0.306 e. The third-order valence-electron chi connectivity index (χ3n) is 10.2. The molecular weight excluding hydrogens is 649 g/mol. The predicted molar refractivity (Wildman–Crippen MR) is 220 cm³/mol. The van der Waals surface area contributed by atoms with Crippen LogP contribution in [0.5, 0.6) is 0 Å². The molecule has 0 N–H and O–H groups in total. The topological polar surface area (TPSA) is 78.9 Å². The highest BCUT2D eigenvalue weighted by Gasteiger charge is 2.19. The summed E-state index contributed by atoms with van der Waals surface area (Å²) in [5.74, 6) is 0.749. The molecular formula is C46H88O6. The SMILES string of the molecule is CCCCCCCCCCCC(=O)OC[C@@H](COC(=O)CCCCCCCCCCCCCCC(C)C)OC(=O)CCCCCCCCCC(C)C. The molecule has 0 aromatic heterocycles. The molecule has 6 heteroatoms. The molecule has 0 heterocycles. The van der Waals surface area contributed by atoms with Gasteiger partial charge >= 0.3 is 17.9 Å². The average molecular weight is 737 g/mol. The van der Waals surface area contributed by atoms with Crippen LogP contribution in [-0.4, -0.2) is 37.2 Å². The minimum atomic E-state index is -0.760. The van der Waals surface area contributed by atoms with E-state index in [-0.39, 0.29) is 31.1 Å². The van der Waals surface area contributed by atoms with Gasteiger partial charge in [0.05, 0.1) is 0 Å². The summed E-state index contributed by atoms with van der Waals surface area (Å²) in [7, 11) is 0. The van der Waals surface area contributed by atoms with Gasteiger partial charge in [-0.25, -0.2) is 0 Å². The van der Waals surface area contributed by atoms with Crippen LogP contribution in [0.1, 0.15) is 247 Å². The van der Waals surface area contributed by atoms with Crippen LogP contribution in [-0.2, 0) is 28.6 Å². The molecule has 0 spiro atoms. The summed E-state index contributed by atoms with van der Waals surface area (Å²) in [6, 6.07) is 0. The van der Waals surface area contributed by atoms with Crippen LogP contribution in [0.15, 0.2) is 0 Å². The molecule has 1 atom stereocenters. The first-order valence-corrected chi connectivity index (χ1v) is 22.7. The second-order valence-electron chi connectivity index (χ2n) is 16.6. The summed E-state index contributed by atoms with van der Waals surface area (Å²) >= 11 is 0. The number of hydrogen-bond donors (Lipinski definition) is 0. The summed E-state index contributed by atoms with van der Waals surface area (Å²) in [5, 5.41) is 0. The lowest BCUT2D eigenvalue weighted by Crippen LogP contribution is -2.30. The van der Waals surface area contributed by atoms with E-state index >= 15 is 0 Å². The molecule has 0 amide bonds. The number of carbonyl (C=O) groups is 3. The first-order chi connectivity index (χ1) is 25.2. The van der Waals surface area contributed by atoms with Crippen LogP contribution in [0.3, 0.4) is 0 Å². The molecule has 0 saturated heterocycles. The zero-order chi connectivity index (χ0) is 38.3. The van der Waals surface area contributed by atoms with Gasteiger partial charge in [-0.05, 0) is 31.1 Å². The van der Waals surface area contributed by atoms with Crippen molar-refractivity contribution >= 4 is 17.9 Å². The third-order valence-corrected chi connectivity index (χ3v) is 10.2. The maximum Gasteiger partial charge on any atom is 0.306 e. The molecule has 0 rings (SSSR count). The summed E-state index contributed by atoms with van der Waals surface area (Å²) in [6.45, 7) is 11.3. The molecule has 0 aliphatic carbocycles. The van der Waals surface area contributed by atoms with Crippen molar-refractivity contribution in [3.8, 4) is 0 Å². The van der Waals surface area contributed by atoms with Gasteiger partial charge in [-0.15, -0.1) is 0 Å². The zero-order valence-electron chi connectivity index (χ0n) is 35.4. The Hall–Kier alpha value is -1.59. The van der Waals surface area contributed by atoms with Gasteiger partial charge in [0.25, 0.3) is 0 Å². The van der Waals surface area contributed by atoms with Crippen molar-refractivity contribution in [1.82, 2.24) is 0 Å². The second-order valence-corrected chi connectivity index (χ2v) is 16.6. The van der Waals surface area contributed by atoms with E-state index in [0.29, 0.717) is 19.3 Å². The van der Waals surface area contributed by atoms with Crippen molar-refractivity contribution in [3.05, 3.63) is 0 Å². The van der Waals surface area contributed by atoms with Crippen molar-refractivity contribution in [2.75, 3.05) is 13.2 Å². The lowest BCUT2D eigenvalue weighted by molar-refractivity contribution is -0.167. The monoisotopic (exact) mass is 737 g/mol. The molecule has 0 radical (unpaired) electrons. The largest absolute Gasteiger partial charge is 0.462 e. The fraction of sp³-hybridized carbons (Fsp3) is 0.935. The van der Waals surface area contributed by atoms with Gasteiger partial charge < -0.3 is 14.2 Å². The lowest BCUT2D eigenvalue weighted by atomic mass is 10.0. The van der Waals surface area contributed by atoms with Gasteiger partial charge in [0.2, 0.25) is 0 Å². The van der Waals surface area contributed by atoms with Crippen LogP contribution in [0, 0.1) is 11.8 Å². The summed E-state index contributed by atoms with van der Waals surface area (Å²) in [4.78, 5) is 37.6. The maximum atomic E-state index is 12.7. The molecule has 0 aromatic carbocycles. The van der Waals surface area contributed by atoms with Gasteiger partial charge in [-0.3, -0.25) is 14.4 Å². The highest BCUT2D eigenvalue weighted by molar-refractivity contribution is 5.71. The minimum absolute atomic E-state index is 0.0655. The average Bonchev–Trinajstić information content (AvgIpc) is 3.11. The van der Waals surface area contributed by atoms with Crippen LogP contribution in [0.25, 0.3) is 0 Å². The van der Waals surface area contributed by atoms with Gasteiger partial charge in [0.1, 0.15) is 13.2 Å². The highest BCUT2D eigenvalue weighted by Crippen LogP contribution is 2.16. The molecule has 0 aromatic rings. The maximum absolute atomic E-state index is 12.7. The standard InChI is InChI=1S/C46H88O6/c1-6-7-8-9-10-15-21-26-31-36-44(47)50-39-43(52-46(49)38-33-28-23-18-20-25-30-35-42(4)5)40-51-45(48)37-32-27-22-17-14-12-11-13-16-19-24-29-34-41(2)3/h41-43H,6-40H2,1-5H3/t43-/m0/s1. The number of carbonyl (C=O) groups excluding carboxylic acids is 3. The Morgan fingerprint density at radius 3 is 0.942 bits per heavy atom. The van der Waals surface area contributed by atoms with Gasteiger partial charge in [0, 0.05) is 19.3 Å². The number of rotatable bonds is 40. The minimum Gasteiger partial charge on any atom is -0.462 e. The Morgan fingerprint density at radius 2 is 0.635 bits per heavy atom. The molecule has 0 aliphatic rings.